The first-order chi connectivity index (χ1) is 18.8. The Balaban J connectivity index is 1.57. The van der Waals surface area contributed by atoms with Crippen LogP contribution in [0.1, 0.15) is 52.0 Å². The van der Waals surface area contributed by atoms with Gasteiger partial charge in [-0.1, -0.05) is 42.2 Å². The minimum absolute atomic E-state index is 0.0491. The molecule has 0 saturated carbocycles. The first-order valence-corrected chi connectivity index (χ1v) is 13.4. The molecule has 3 N–H and O–H groups in total. The van der Waals surface area contributed by atoms with Crippen LogP contribution in [0, 0.1) is 29.1 Å². The minimum atomic E-state index is -2.75. The van der Waals surface area contributed by atoms with Gasteiger partial charge in [-0.3, -0.25) is 9.69 Å². The Morgan fingerprint density at radius 2 is 1.93 bits per heavy atom. The summed E-state index contributed by atoms with van der Waals surface area (Å²) in [5, 5.41) is 31.6. The molecule has 216 valence electrons. The van der Waals surface area contributed by atoms with Crippen molar-refractivity contribution in [1.29, 1.82) is 5.26 Å². The Morgan fingerprint density at radius 1 is 1.23 bits per heavy atom. The maximum Gasteiger partial charge on any atom is 0.475 e. The fraction of sp³-hybridized carbons (Fsp3) is 0.607. The number of carbonyl (C=O) groups is 2. The number of alkyl carbamates (subject to hydrolysis) is 1. The van der Waals surface area contributed by atoms with Crippen molar-refractivity contribution in [3.63, 3.8) is 0 Å². The second-order valence-corrected chi connectivity index (χ2v) is 11.3. The van der Waals surface area contributed by atoms with E-state index in [1.807, 2.05) is 12.1 Å². The number of alkyl halides is 2. The highest BCUT2D eigenvalue weighted by atomic mass is 19.3. The Labute approximate surface area is 234 Å². The smallest absolute Gasteiger partial charge is 0.447 e. The maximum atomic E-state index is 13.6. The van der Waals surface area contributed by atoms with Gasteiger partial charge in [0, 0.05) is 25.9 Å². The third kappa shape index (κ3) is 8.17. The summed E-state index contributed by atoms with van der Waals surface area (Å²) in [6.45, 7) is 5.33. The van der Waals surface area contributed by atoms with Gasteiger partial charge < -0.3 is 25.0 Å². The summed E-state index contributed by atoms with van der Waals surface area (Å²) in [6, 6.07) is 11.0. The molecule has 1 aromatic carbocycles. The van der Waals surface area contributed by atoms with Crippen molar-refractivity contribution in [2.45, 2.75) is 75.8 Å². The molecular formula is C28H37BF2N4O5. The van der Waals surface area contributed by atoms with Crippen molar-refractivity contribution >= 4 is 19.1 Å². The van der Waals surface area contributed by atoms with Crippen LogP contribution in [0.25, 0.3) is 0 Å². The average Bonchev–Trinajstić information content (AvgIpc) is 3.47. The van der Waals surface area contributed by atoms with E-state index in [9.17, 15) is 33.7 Å². The normalized spacial score (nSPS) is 22.0. The zero-order valence-corrected chi connectivity index (χ0v) is 23.2. The van der Waals surface area contributed by atoms with Crippen molar-refractivity contribution in [3.05, 3.63) is 35.9 Å². The Bertz CT molecular complexity index is 1150. The lowest BCUT2D eigenvalue weighted by Gasteiger charge is -2.35. The molecule has 1 aromatic rings. The fourth-order valence-corrected chi connectivity index (χ4v) is 5.10. The molecule has 0 bridgehead atoms. The van der Waals surface area contributed by atoms with E-state index in [0.717, 1.165) is 5.56 Å². The van der Waals surface area contributed by atoms with Gasteiger partial charge in [0.15, 0.2) is 0 Å². The van der Waals surface area contributed by atoms with Gasteiger partial charge in [-0.2, -0.15) is 5.26 Å². The number of carbonyl (C=O) groups excluding carboxylic acids is 2. The molecular weight excluding hydrogens is 521 g/mol. The number of likely N-dealkylation sites (tertiary alicyclic amines) is 2. The number of ether oxygens (including phenoxy) is 1. The predicted octanol–water partition coefficient (Wildman–Crippen LogP) is 2.37. The Morgan fingerprint density at radius 3 is 2.52 bits per heavy atom. The summed E-state index contributed by atoms with van der Waals surface area (Å²) in [7, 11) is -1.81. The number of hydrogen-bond acceptors (Lipinski definition) is 7. The van der Waals surface area contributed by atoms with E-state index in [4.69, 9.17) is 4.74 Å². The lowest BCUT2D eigenvalue weighted by Crippen LogP contribution is -2.52. The van der Waals surface area contributed by atoms with E-state index >= 15 is 0 Å². The van der Waals surface area contributed by atoms with Crippen molar-refractivity contribution in [1.82, 2.24) is 15.1 Å². The highest BCUT2D eigenvalue weighted by Gasteiger charge is 2.44. The Kier molecular flexibility index (Phi) is 10.2. The number of nitrogens with one attached hydrogen (secondary N) is 1. The van der Waals surface area contributed by atoms with Crippen molar-refractivity contribution in [2.24, 2.45) is 5.92 Å². The zero-order chi connectivity index (χ0) is 29.6. The van der Waals surface area contributed by atoms with Crippen molar-refractivity contribution in [2.75, 3.05) is 26.2 Å². The molecule has 0 aliphatic carbocycles. The predicted molar refractivity (Wildman–Crippen MR) is 145 cm³/mol. The maximum absolute atomic E-state index is 13.6. The number of benzene rings is 1. The molecule has 3 atom stereocenters. The molecule has 12 heteroatoms. The molecule has 1 unspecified atom stereocenters. The van der Waals surface area contributed by atoms with Gasteiger partial charge in [0.1, 0.15) is 12.5 Å². The van der Waals surface area contributed by atoms with Gasteiger partial charge in [0.25, 0.3) is 5.92 Å². The standard InChI is InChI=1S/C28H37BF2N4O5/c1-26(2,34-16-14-28(30,31)19-34)12-7-11-22(18-32)24(36)35-15-8-13-27(35,3)20-40-25(37)33-23(29(38)39)17-21-9-5-4-6-10-21/h4-6,9-10,22-23,38-39H,8,11,13-17,19-20H2,1-3H3,(H,33,37)/t22?,23-,27+/m0/s1. The van der Waals surface area contributed by atoms with E-state index in [2.05, 4.69) is 17.2 Å². The van der Waals surface area contributed by atoms with E-state index in [0.29, 0.717) is 19.4 Å². The van der Waals surface area contributed by atoms with Crippen LogP contribution < -0.4 is 5.32 Å². The van der Waals surface area contributed by atoms with Gasteiger partial charge in [-0.25, -0.2) is 13.6 Å². The second-order valence-electron chi connectivity index (χ2n) is 11.3. The number of rotatable bonds is 9. The van der Waals surface area contributed by atoms with Crippen molar-refractivity contribution in [3.8, 4) is 17.9 Å². The monoisotopic (exact) mass is 558 g/mol. The number of halogens is 2. The van der Waals surface area contributed by atoms with Gasteiger partial charge >= 0.3 is 13.2 Å². The molecule has 9 nitrogen and oxygen atoms in total. The SMILES string of the molecule is CC(C)(C#CCC(C#N)C(=O)N1CCC[C@]1(C)COC(=O)N[C@@H](Cc1ccccc1)B(O)O)N1CCC(F)(F)C1. The van der Waals surface area contributed by atoms with Gasteiger partial charge in [0.05, 0.1) is 29.6 Å². The lowest BCUT2D eigenvalue weighted by molar-refractivity contribution is -0.138. The molecule has 2 amide bonds. The fourth-order valence-electron chi connectivity index (χ4n) is 5.10. The Hall–Kier alpha value is -3.19. The van der Waals surface area contributed by atoms with Crippen molar-refractivity contribution < 1.29 is 33.2 Å². The van der Waals surface area contributed by atoms with Crippen LogP contribution in [0.3, 0.4) is 0 Å². The molecule has 2 fully saturated rings. The van der Waals surface area contributed by atoms with Crippen LogP contribution in [0.4, 0.5) is 13.6 Å². The molecule has 0 aromatic heterocycles. The molecule has 2 aliphatic rings. The average molecular weight is 558 g/mol. The summed E-state index contributed by atoms with van der Waals surface area (Å²) in [6.07, 6.45) is 0.247. The molecule has 2 heterocycles. The number of hydrogen-bond donors (Lipinski definition) is 3. The first-order valence-electron chi connectivity index (χ1n) is 13.4. The minimum Gasteiger partial charge on any atom is -0.447 e. The highest BCUT2D eigenvalue weighted by Crippen LogP contribution is 2.33. The number of amides is 2. The van der Waals surface area contributed by atoms with Crippen LogP contribution in [0.15, 0.2) is 30.3 Å². The van der Waals surface area contributed by atoms with E-state index in [1.165, 1.54) is 4.90 Å². The molecule has 3 rings (SSSR count). The first kappa shape index (κ1) is 31.3. The second kappa shape index (κ2) is 13.0. The number of nitriles is 1. The summed E-state index contributed by atoms with van der Waals surface area (Å²) < 4.78 is 32.7. The third-order valence-corrected chi connectivity index (χ3v) is 7.61. The zero-order valence-electron chi connectivity index (χ0n) is 23.2. The molecule has 0 radical (unpaired) electrons. The third-order valence-electron chi connectivity index (χ3n) is 7.61. The van der Waals surface area contributed by atoms with Crippen LogP contribution in [0.2, 0.25) is 0 Å². The summed E-state index contributed by atoms with van der Waals surface area (Å²) in [5.41, 5.74) is -0.885. The van der Waals surface area contributed by atoms with Gasteiger partial charge in [0.2, 0.25) is 5.91 Å². The highest BCUT2D eigenvalue weighted by molar-refractivity contribution is 6.43. The van der Waals surface area contributed by atoms with Crippen LogP contribution in [-0.4, -0.2) is 88.1 Å². The number of nitrogens with zero attached hydrogens (tertiary/aromatic N) is 3. The van der Waals surface area contributed by atoms with Gasteiger partial charge in [-0.05, 0) is 45.6 Å². The molecule has 2 saturated heterocycles. The molecule has 0 spiro atoms. The quantitative estimate of drug-likeness (QED) is 0.314. The lowest BCUT2D eigenvalue weighted by atomic mass is 9.76. The summed E-state index contributed by atoms with van der Waals surface area (Å²) >= 11 is 0. The van der Waals surface area contributed by atoms with Crippen LogP contribution in [-0.2, 0) is 16.0 Å². The van der Waals surface area contributed by atoms with E-state index < -0.39 is 48.0 Å². The summed E-state index contributed by atoms with van der Waals surface area (Å²) in [5.74, 6) is 0.585. The van der Waals surface area contributed by atoms with Crippen LogP contribution >= 0.6 is 0 Å². The topological polar surface area (TPSA) is 126 Å². The van der Waals surface area contributed by atoms with Crippen LogP contribution in [0.5, 0.6) is 0 Å². The largest absolute Gasteiger partial charge is 0.475 e. The van der Waals surface area contributed by atoms with E-state index in [1.54, 1.807) is 49.9 Å². The van der Waals surface area contributed by atoms with Gasteiger partial charge in [-0.15, -0.1) is 0 Å². The molecule has 2 aliphatic heterocycles. The molecule has 40 heavy (non-hydrogen) atoms. The van der Waals surface area contributed by atoms with E-state index in [-0.39, 0.29) is 39.0 Å². The summed E-state index contributed by atoms with van der Waals surface area (Å²) in [4.78, 5) is 29.0.